The average molecular weight is 440 g/mol. The summed E-state index contributed by atoms with van der Waals surface area (Å²) in [5.74, 6) is -3.05. The number of amides is 1. The molecule has 1 aromatic heterocycles. The lowest BCUT2D eigenvalue weighted by Crippen LogP contribution is -2.18. The number of nitro benzene ring substituents is 1. The first kappa shape index (κ1) is 23.1. The number of anilines is 1. The first-order valence-electron chi connectivity index (χ1n) is 8.19. The highest BCUT2D eigenvalue weighted by atomic mass is 19.4. The quantitative estimate of drug-likeness (QED) is 0.335. The van der Waals surface area contributed by atoms with Crippen LogP contribution in [0, 0.1) is 15.9 Å². The van der Waals surface area contributed by atoms with Crippen molar-refractivity contribution in [2.24, 2.45) is 0 Å². The normalized spacial score (nSPS) is 10.6. The first-order valence-corrected chi connectivity index (χ1v) is 8.19. The van der Waals surface area contributed by atoms with Gasteiger partial charge in [0.2, 0.25) is 5.76 Å². The third kappa shape index (κ3) is 6.13. The van der Waals surface area contributed by atoms with Crippen molar-refractivity contribution in [1.29, 1.82) is 0 Å². The maximum atomic E-state index is 13.5. The van der Waals surface area contributed by atoms with Gasteiger partial charge in [-0.15, -0.1) is 0 Å². The number of carbonyl (C=O) groups excluding carboxylic acids is 1. The predicted molar refractivity (Wildman–Crippen MR) is 98.1 cm³/mol. The number of hydrogen-bond donors (Lipinski definition) is 2. The van der Waals surface area contributed by atoms with Gasteiger partial charge in [0.1, 0.15) is 5.82 Å². The fourth-order valence-electron chi connectivity index (χ4n) is 2.22. The summed E-state index contributed by atoms with van der Waals surface area (Å²) < 4.78 is 56.9. The molecule has 0 aliphatic carbocycles. The van der Waals surface area contributed by atoms with E-state index in [0.29, 0.717) is 6.07 Å². The number of benzene rings is 2. The van der Waals surface area contributed by atoms with Gasteiger partial charge in [0.25, 0.3) is 11.6 Å². The summed E-state index contributed by atoms with van der Waals surface area (Å²) in [7, 11) is 0. The minimum atomic E-state index is -4.93. The number of carboxylic acid groups (broad SMARTS) is 1. The number of nitrogens with zero attached hydrogens (tertiary/aromatic N) is 1. The Morgan fingerprint density at radius 2 is 1.74 bits per heavy atom. The number of halogens is 4. The van der Waals surface area contributed by atoms with E-state index in [1.165, 1.54) is 30.5 Å². The Morgan fingerprint density at radius 3 is 2.23 bits per heavy atom. The maximum Gasteiger partial charge on any atom is 0.418 e. The molecule has 8 nitrogen and oxygen atoms in total. The molecule has 0 unspecified atom stereocenters. The molecule has 2 N–H and O–H groups in total. The van der Waals surface area contributed by atoms with E-state index < -0.39 is 51.3 Å². The van der Waals surface area contributed by atoms with E-state index >= 15 is 0 Å². The van der Waals surface area contributed by atoms with Gasteiger partial charge >= 0.3 is 12.1 Å². The van der Waals surface area contributed by atoms with Gasteiger partial charge in [0.05, 0.1) is 28.0 Å². The maximum absolute atomic E-state index is 13.5. The molecule has 3 rings (SSSR count). The van der Waals surface area contributed by atoms with Crippen LogP contribution in [0.1, 0.15) is 26.5 Å². The number of furan rings is 1. The van der Waals surface area contributed by atoms with Gasteiger partial charge in [-0.25, -0.2) is 9.18 Å². The number of non-ortho nitro benzene ring substituents is 1. The van der Waals surface area contributed by atoms with Crippen molar-refractivity contribution in [1.82, 2.24) is 0 Å². The van der Waals surface area contributed by atoms with E-state index in [1.54, 1.807) is 0 Å². The van der Waals surface area contributed by atoms with Gasteiger partial charge in [-0.1, -0.05) is 12.1 Å². The Balaban J connectivity index is 0.000000357. The van der Waals surface area contributed by atoms with Gasteiger partial charge in [-0.05, 0) is 30.3 Å². The molecule has 12 heteroatoms. The molecule has 0 radical (unpaired) electrons. The lowest BCUT2D eigenvalue weighted by atomic mass is 10.1. The monoisotopic (exact) mass is 440 g/mol. The van der Waals surface area contributed by atoms with Crippen LogP contribution in [0.2, 0.25) is 0 Å². The van der Waals surface area contributed by atoms with E-state index in [4.69, 9.17) is 5.11 Å². The van der Waals surface area contributed by atoms with Crippen molar-refractivity contribution in [2.75, 3.05) is 5.32 Å². The highest BCUT2D eigenvalue weighted by molar-refractivity contribution is 6.05. The number of carbonyl (C=O) groups is 2. The van der Waals surface area contributed by atoms with Gasteiger partial charge in [-0.3, -0.25) is 14.9 Å². The number of aromatic carboxylic acids is 1. The zero-order chi connectivity index (χ0) is 23.2. The van der Waals surface area contributed by atoms with Crippen LogP contribution >= 0.6 is 0 Å². The predicted octanol–water partition coefficient (Wildman–Crippen LogP) is 4.98. The molecule has 0 aliphatic rings. The average Bonchev–Trinajstić information content (AvgIpc) is 3.23. The lowest BCUT2D eigenvalue weighted by molar-refractivity contribution is -0.385. The molecule has 0 spiro atoms. The zero-order valence-corrected chi connectivity index (χ0v) is 15.2. The van der Waals surface area contributed by atoms with E-state index in [0.717, 1.165) is 24.3 Å². The minimum Gasteiger partial charge on any atom is -0.475 e. The van der Waals surface area contributed by atoms with E-state index in [2.05, 4.69) is 4.42 Å². The molecular formula is C19H12F4N2O6. The third-order valence-corrected chi connectivity index (χ3v) is 3.62. The Bertz CT molecular complexity index is 1100. The summed E-state index contributed by atoms with van der Waals surface area (Å²) >= 11 is 0. The van der Waals surface area contributed by atoms with E-state index in [-0.39, 0.29) is 5.76 Å². The molecule has 31 heavy (non-hydrogen) atoms. The van der Waals surface area contributed by atoms with Crippen molar-refractivity contribution in [3.05, 3.63) is 93.7 Å². The second kappa shape index (κ2) is 9.52. The Labute approximate surface area is 170 Å². The van der Waals surface area contributed by atoms with Crippen LogP contribution in [0.5, 0.6) is 0 Å². The fourth-order valence-corrected chi connectivity index (χ4v) is 2.22. The SMILES string of the molecule is O=C(Nc1ccc([N+](=O)[O-])cc1C(F)(F)F)c1ccccc1F.O=C(O)c1ccco1. The molecule has 2 aromatic carbocycles. The van der Waals surface area contributed by atoms with E-state index in [1.807, 2.05) is 5.32 Å². The summed E-state index contributed by atoms with van der Waals surface area (Å²) in [6, 6.07) is 9.53. The first-order chi connectivity index (χ1) is 14.5. The smallest absolute Gasteiger partial charge is 0.418 e. The summed E-state index contributed by atoms with van der Waals surface area (Å²) in [6.07, 6.45) is -3.60. The molecule has 0 aliphatic heterocycles. The fraction of sp³-hybridized carbons (Fsp3) is 0.0526. The minimum absolute atomic E-state index is 0.0231. The van der Waals surface area contributed by atoms with E-state index in [9.17, 15) is 37.3 Å². The lowest BCUT2D eigenvalue weighted by Gasteiger charge is -2.13. The Morgan fingerprint density at radius 1 is 1.06 bits per heavy atom. The number of carboxylic acids is 1. The van der Waals surface area contributed by atoms with Crippen LogP contribution in [0.25, 0.3) is 0 Å². The van der Waals surface area contributed by atoms with Gasteiger partial charge in [-0.2, -0.15) is 13.2 Å². The van der Waals surface area contributed by atoms with Crippen LogP contribution in [-0.2, 0) is 6.18 Å². The molecule has 0 bridgehead atoms. The summed E-state index contributed by atoms with van der Waals surface area (Å²) in [4.78, 5) is 31.4. The van der Waals surface area contributed by atoms with Gasteiger partial charge in [0, 0.05) is 12.1 Å². The molecule has 162 valence electrons. The van der Waals surface area contributed by atoms with Crippen LogP contribution in [0.4, 0.5) is 28.9 Å². The summed E-state index contributed by atoms with van der Waals surface area (Å²) in [5.41, 5.74) is -3.31. The second-order valence-corrected chi connectivity index (χ2v) is 5.70. The molecular weight excluding hydrogens is 428 g/mol. The second-order valence-electron chi connectivity index (χ2n) is 5.70. The number of rotatable bonds is 4. The molecule has 0 saturated carbocycles. The number of nitrogens with one attached hydrogen (secondary N) is 1. The van der Waals surface area contributed by atoms with Gasteiger partial charge < -0.3 is 14.8 Å². The Kier molecular flexibility index (Phi) is 7.08. The summed E-state index contributed by atoms with van der Waals surface area (Å²) in [6.45, 7) is 0. The highest BCUT2D eigenvalue weighted by Crippen LogP contribution is 2.37. The van der Waals surface area contributed by atoms with Crippen molar-refractivity contribution in [2.45, 2.75) is 6.18 Å². The number of nitro groups is 1. The third-order valence-electron chi connectivity index (χ3n) is 3.62. The van der Waals surface area contributed by atoms with Crippen molar-refractivity contribution in [3.8, 4) is 0 Å². The van der Waals surface area contributed by atoms with Gasteiger partial charge in [0.15, 0.2) is 0 Å². The number of alkyl halides is 3. The molecule has 0 fully saturated rings. The van der Waals surface area contributed by atoms with Crippen molar-refractivity contribution >= 4 is 23.3 Å². The topological polar surface area (TPSA) is 123 Å². The molecule has 1 heterocycles. The number of hydrogen-bond acceptors (Lipinski definition) is 5. The van der Waals surface area contributed by atoms with Crippen LogP contribution < -0.4 is 5.32 Å². The molecule has 3 aromatic rings. The van der Waals surface area contributed by atoms with Crippen molar-refractivity contribution < 1.29 is 41.6 Å². The molecule has 0 atom stereocenters. The zero-order valence-electron chi connectivity index (χ0n) is 15.2. The largest absolute Gasteiger partial charge is 0.475 e. The highest BCUT2D eigenvalue weighted by Gasteiger charge is 2.35. The van der Waals surface area contributed by atoms with Crippen LogP contribution in [-0.4, -0.2) is 21.9 Å². The molecule has 0 saturated heterocycles. The standard InChI is InChI=1S/C14H8F4N2O3.C5H4O3/c15-11-4-2-1-3-9(11)13(21)19-12-6-5-8(20(22)23)7-10(12)14(16,17)18;6-5(7)4-2-1-3-8-4/h1-7H,(H,19,21);1-3H,(H,6,7). The molecule has 1 amide bonds. The van der Waals surface area contributed by atoms with Crippen LogP contribution in [0.15, 0.2) is 65.3 Å². The Hall–Kier alpha value is -4.22. The summed E-state index contributed by atoms with van der Waals surface area (Å²) in [5, 5.41) is 20.7. The van der Waals surface area contributed by atoms with Crippen molar-refractivity contribution in [3.63, 3.8) is 0 Å². The van der Waals surface area contributed by atoms with Crippen LogP contribution in [0.3, 0.4) is 0 Å².